The molecular weight excluding hydrogens is 226 g/mol. The first-order chi connectivity index (χ1) is 7.63. The van der Waals surface area contributed by atoms with Crippen molar-refractivity contribution in [1.29, 1.82) is 0 Å². The van der Waals surface area contributed by atoms with E-state index in [9.17, 15) is 4.79 Å². The number of nitrogens with one attached hydrogen (secondary N) is 1. The van der Waals surface area contributed by atoms with Crippen molar-refractivity contribution >= 4 is 17.5 Å². The highest BCUT2D eigenvalue weighted by Gasteiger charge is 2.07. The molecule has 1 aromatic rings. The standard InChI is InChI=1S/C12H16ClNO2/c1-9(13)12(15)14-8-7-10-3-5-11(16-2)6-4-10/h3-6,9H,7-8H2,1-2H3,(H,14,15)/t9-/m0/s1. The second-order valence-corrected chi connectivity index (χ2v) is 4.16. The van der Waals surface area contributed by atoms with Gasteiger partial charge in [-0.05, 0) is 31.0 Å². The Morgan fingerprint density at radius 1 is 1.44 bits per heavy atom. The molecule has 0 heterocycles. The van der Waals surface area contributed by atoms with E-state index in [1.807, 2.05) is 24.3 Å². The topological polar surface area (TPSA) is 38.3 Å². The molecule has 0 aliphatic heterocycles. The quantitative estimate of drug-likeness (QED) is 0.801. The molecule has 1 aromatic carbocycles. The second kappa shape index (κ2) is 6.38. The van der Waals surface area contributed by atoms with E-state index in [4.69, 9.17) is 16.3 Å². The zero-order valence-electron chi connectivity index (χ0n) is 9.50. The Labute approximate surface area is 101 Å². The molecule has 0 unspecified atom stereocenters. The lowest BCUT2D eigenvalue weighted by molar-refractivity contribution is -0.120. The van der Waals surface area contributed by atoms with Gasteiger partial charge < -0.3 is 10.1 Å². The van der Waals surface area contributed by atoms with Crippen molar-refractivity contribution in [1.82, 2.24) is 5.32 Å². The summed E-state index contributed by atoms with van der Waals surface area (Å²) in [6.45, 7) is 2.26. The fourth-order valence-electron chi connectivity index (χ4n) is 1.26. The van der Waals surface area contributed by atoms with Gasteiger partial charge in [0.05, 0.1) is 7.11 Å². The zero-order chi connectivity index (χ0) is 12.0. The Morgan fingerprint density at radius 3 is 2.56 bits per heavy atom. The summed E-state index contributed by atoms with van der Waals surface area (Å²) in [4.78, 5) is 11.2. The summed E-state index contributed by atoms with van der Waals surface area (Å²) in [5, 5.41) is 2.28. The largest absolute Gasteiger partial charge is 0.497 e. The van der Waals surface area contributed by atoms with Gasteiger partial charge in [-0.2, -0.15) is 0 Å². The van der Waals surface area contributed by atoms with Crippen molar-refractivity contribution in [3.8, 4) is 5.75 Å². The van der Waals surface area contributed by atoms with Gasteiger partial charge in [0.1, 0.15) is 11.1 Å². The molecule has 0 saturated carbocycles. The van der Waals surface area contributed by atoms with Gasteiger partial charge in [-0.25, -0.2) is 0 Å². The van der Waals surface area contributed by atoms with Crippen LogP contribution in [0.2, 0.25) is 0 Å². The minimum Gasteiger partial charge on any atom is -0.497 e. The molecule has 1 atom stereocenters. The normalized spacial score (nSPS) is 11.9. The summed E-state index contributed by atoms with van der Waals surface area (Å²) in [7, 11) is 1.64. The fourth-order valence-corrected chi connectivity index (χ4v) is 1.34. The van der Waals surface area contributed by atoms with E-state index in [2.05, 4.69) is 5.32 Å². The summed E-state index contributed by atoms with van der Waals surface area (Å²) in [5.41, 5.74) is 1.16. The number of alkyl halides is 1. The monoisotopic (exact) mass is 241 g/mol. The van der Waals surface area contributed by atoms with Gasteiger partial charge in [-0.15, -0.1) is 11.6 Å². The van der Waals surface area contributed by atoms with Crippen molar-refractivity contribution in [3.63, 3.8) is 0 Å². The van der Waals surface area contributed by atoms with Gasteiger partial charge in [0, 0.05) is 6.54 Å². The van der Waals surface area contributed by atoms with Crippen LogP contribution in [0.15, 0.2) is 24.3 Å². The zero-order valence-corrected chi connectivity index (χ0v) is 10.3. The maximum atomic E-state index is 11.2. The van der Waals surface area contributed by atoms with E-state index < -0.39 is 5.38 Å². The van der Waals surface area contributed by atoms with Crippen LogP contribution in [0.3, 0.4) is 0 Å². The van der Waals surface area contributed by atoms with Crippen LogP contribution in [0.1, 0.15) is 12.5 Å². The number of carbonyl (C=O) groups excluding carboxylic acids is 1. The molecule has 0 bridgehead atoms. The third-order valence-corrected chi connectivity index (χ3v) is 2.43. The van der Waals surface area contributed by atoms with Crippen LogP contribution in [0.4, 0.5) is 0 Å². The first-order valence-electron chi connectivity index (χ1n) is 5.18. The number of halogens is 1. The van der Waals surface area contributed by atoms with Crippen LogP contribution < -0.4 is 10.1 Å². The van der Waals surface area contributed by atoms with Crippen LogP contribution in [0.5, 0.6) is 5.75 Å². The van der Waals surface area contributed by atoms with Crippen LogP contribution in [0, 0.1) is 0 Å². The van der Waals surface area contributed by atoms with Gasteiger partial charge in [0.2, 0.25) is 5.91 Å². The fraction of sp³-hybridized carbons (Fsp3) is 0.417. The lowest BCUT2D eigenvalue weighted by atomic mass is 10.1. The summed E-state index contributed by atoms with van der Waals surface area (Å²) < 4.78 is 5.06. The molecule has 0 aliphatic rings. The number of rotatable bonds is 5. The smallest absolute Gasteiger partial charge is 0.237 e. The number of hydrogen-bond acceptors (Lipinski definition) is 2. The SMILES string of the molecule is COc1ccc(CCNC(=O)[C@H](C)Cl)cc1. The van der Waals surface area contributed by atoms with Crippen LogP contribution in [0.25, 0.3) is 0 Å². The molecule has 4 heteroatoms. The van der Waals surface area contributed by atoms with E-state index in [0.717, 1.165) is 17.7 Å². The van der Waals surface area contributed by atoms with E-state index in [0.29, 0.717) is 6.54 Å². The summed E-state index contributed by atoms with van der Waals surface area (Å²) in [6.07, 6.45) is 0.791. The number of benzene rings is 1. The van der Waals surface area contributed by atoms with Crippen LogP contribution in [-0.4, -0.2) is 24.9 Å². The van der Waals surface area contributed by atoms with Crippen molar-refractivity contribution in [2.75, 3.05) is 13.7 Å². The molecule has 0 aliphatic carbocycles. The van der Waals surface area contributed by atoms with Crippen molar-refractivity contribution < 1.29 is 9.53 Å². The molecule has 0 saturated heterocycles. The molecule has 0 spiro atoms. The summed E-state index contributed by atoms with van der Waals surface area (Å²) >= 11 is 5.62. The van der Waals surface area contributed by atoms with Crippen molar-refractivity contribution in [2.24, 2.45) is 0 Å². The van der Waals surface area contributed by atoms with Crippen molar-refractivity contribution in [2.45, 2.75) is 18.7 Å². The molecule has 1 amide bonds. The number of hydrogen-bond donors (Lipinski definition) is 1. The third-order valence-electron chi connectivity index (χ3n) is 2.23. The molecule has 88 valence electrons. The Kier molecular flexibility index (Phi) is 5.12. The Balaban J connectivity index is 2.34. The number of amides is 1. The van der Waals surface area contributed by atoms with Gasteiger partial charge >= 0.3 is 0 Å². The first-order valence-corrected chi connectivity index (χ1v) is 5.62. The Hall–Kier alpha value is -1.22. The van der Waals surface area contributed by atoms with E-state index in [1.165, 1.54) is 0 Å². The van der Waals surface area contributed by atoms with Gasteiger partial charge in [-0.1, -0.05) is 12.1 Å². The Bertz CT molecular complexity index is 335. The number of methoxy groups -OCH3 is 1. The van der Waals surface area contributed by atoms with E-state index in [-0.39, 0.29) is 5.91 Å². The maximum Gasteiger partial charge on any atom is 0.237 e. The van der Waals surface area contributed by atoms with E-state index in [1.54, 1.807) is 14.0 Å². The predicted octanol–water partition coefficient (Wildman–Crippen LogP) is 1.98. The third kappa shape index (κ3) is 4.11. The number of carbonyl (C=O) groups is 1. The highest BCUT2D eigenvalue weighted by molar-refractivity contribution is 6.30. The minimum atomic E-state index is -0.476. The van der Waals surface area contributed by atoms with Crippen LogP contribution >= 0.6 is 11.6 Å². The minimum absolute atomic E-state index is 0.129. The molecule has 0 fully saturated rings. The second-order valence-electron chi connectivity index (χ2n) is 3.51. The molecule has 16 heavy (non-hydrogen) atoms. The lowest BCUT2D eigenvalue weighted by Gasteiger charge is -2.07. The highest BCUT2D eigenvalue weighted by atomic mass is 35.5. The predicted molar refractivity (Wildman–Crippen MR) is 65.0 cm³/mol. The maximum absolute atomic E-state index is 11.2. The molecule has 3 nitrogen and oxygen atoms in total. The molecule has 1 rings (SSSR count). The molecule has 1 N–H and O–H groups in total. The average molecular weight is 242 g/mol. The highest BCUT2D eigenvalue weighted by Crippen LogP contribution is 2.11. The summed E-state index contributed by atoms with van der Waals surface area (Å²) in [6, 6.07) is 7.77. The Morgan fingerprint density at radius 2 is 2.06 bits per heavy atom. The number of ether oxygens (including phenoxy) is 1. The van der Waals surface area contributed by atoms with E-state index >= 15 is 0 Å². The van der Waals surface area contributed by atoms with Gasteiger partial charge in [-0.3, -0.25) is 4.79 Å². The van der Waals surface area contributed by atoms with Crippen LogP contribution in [-0.2, 0) is 11.2 Å². The molecular formula is C12H16ClNO2. The average Bonchev–Trinajstić information content (AvgIpc) is 2.29. The first kappa shape index (κ1) is 12.8. The lowest BCUT2D eigenvalue weighted by Crippen LogP contribution is -2.31. The summed E-state index contributed by atoms with van der Waals surface area (Å²) in [5.74, 6) is 0.706. The van der Waals surface area contributed by atoms with Crippen molar-refractivity contribution in [3.05, 3.63) is 29.8 Å². The molecule has 0 aromatic heterocycles. The van der Waals surface area contributed by atoms with Gasteiger partial charge in [0.15, 0.2) is 0 Å². The van der Waals surface area contributed by atoms with Gasteiger partial charge in [0.25, 0.3) is 0 Å². The molecule has 0 radical (unpaired) electrons.